The fourth-order valence-electron chi connectivity index (χ4n) is 2.49. The maximum absolute atomic E-state index is 6.40. The summed E-state index contributed by atoms with van der Waals surface area (Å²) in [5.74, 6) is 0. The van der Waals surface area contributed by atoms with Gasteiger partial charge in [-0.2, -0.15) is 0 Å². The van der Waals surface area contributed by atoms with Crippen LogP contribution in [0.1, 0.15) is 32.1 Å². The number of hydrogen-bond acceptors (Lipinski definition) is 2. The molecule has 2 aliphatic rings. The standard InChI is InChI=1S/C11H19NO/c1-11(5-3-2-4-6-11)12-7-9-13-10-8-12/h1H,2-10H2. The molecule has 1 saturated carbocycles. The first-order valence-corrected chi connectivity index (χ1v) is 5.43. The smallest absolute Gasteiger partial charge is 0.0594 e. The Balaban J connectivity index is 1.94. The van der Waals surface area contributed by atoms with Gasteiger partial charge >= 0.3 is 0 Å². The normalized spacial score (nSPS) is 30.2. The van der Waals surface area contributed by atoms with E-state index >= 15 is 0 Å². The zero-order valence-electron chi connectivity index (χ0n) is 8.30. The Kier molecular flexibility index (Phi) is 2.89. The fraction of sp³-hybridized carbons (Fsp3) is 0.909. The van der Waals surface area contributed by atoms with Gasteiger partial charge in [-0.3, -0.25) is 4.90 Å². The van der Waals surface area contributed by atoms with E-state index < -0.39 is 0 Å². The first kappa shape index (κ1) is 9.47. The van der Waals surface area contributed by atoms with E-state index in [1.54, 1.807) is 0 Å². The lowest BCUT2D eigenvalue weighted by Gasteiger charge is -2.45. The minimum atomic E-state index is 0.00201. The summed E-state index contributed by atoms with van der Waals surface area (Å²) >= 11 is 0. The molecule has 0 bridgehead atoms. The summed E-state index contributed by atoms with van der Waals surface area (Å²) in [6.07, 6.45) is 6.31. The summed E-state index contributed by atoms with van der Waals surface area (Å²) < 4.78 is 5.34. The highest BCUT2D eigenvalue weighted by Crippen LogP contribution is 2.33. The Morgan fingerprint density at radius 2 is 1.62 bits per heavy atom. The Hall–Kier alpha value is -0.0800. The molecule has 0 spiro atoms. The first-order chi connectivity index (χ1) is 6.31. The maximum atomic E-state index is 6.40. The van der Waals surface area contributed by atoms with Crippen LogP contribution >= 0.6 is 0 Å². The van der Waals surface area contributed by atoms with E-state index in [1.165, 1.54) is 32.1 Å². The van der Waals surface area contributed by atoms with E-state index in [4.69, 9.17) is 11.7 Å². The lowest BCUT2D eigenvalue weighted by atomic mass is 9.81. The van der Waals surface area contributed by atoms with Crippen molar-refractivity contribution in [1.82, 2.24) is 4.90 Å². The van der Waals surface area contributed by atoms with Crippen molar-refractivity contribution in [3.8, 4) is 0 Å². The number of rotatable bonds is 1. The van der Waals surface area contributed by atoms with Gasteiger partial charge < -0.3 is 4.74 Å². The average molecular weight is 181 g/mol. The Bertz CT molecular complexity index is 157. The minimum Gasteiger partial charge on any atom is -0.379 e. The van der Waals surface area contributed by atoms with Gasteiger partial charge in [-0.1, -0.05) is 19.3 Å². The average Bonchev–Trinajstić information content (AvgIpc) is 2.20. The van der Waals surface area contributed by atoms with E-state index in [2.05, 4.69) is 4.90 Å². The second kappa shape index (κ2) is 3.97. The summed E-state index contributed by atoms with van der Waals surface area (Å²) in [6, 6.07) is 0. The second-order valence-electron chi connectivity index (χ2n) is 4.26. The van der Waals surface area contributed by atoms with Gasteiger partial charge in [-0.25, -0.2) is 0 Å². The molecule has 13 heavy (non-hydrogen) atoms. The predicted molar refractivity (Wildman–Crippen MR) is 52.5 cm³/mol. The van der Waals surface area contributed by atoms with Crippen molar-refractivity contribution in [2.75, 3.05) is 26.3 Å². The summed E-state index contributed by atoms with van der Waals surface area (Å²) in [7, 11) is 0. The van der Waals surface area contributed by atoms with Crippen LogP contribution in [0, 0.1) is 6.92 Å². The zero-order chi connectivity index (χ0) is 9.15. The third-order valence-electron chi connectivity index (χ3n) is 3.36. The van der Waals surface area contributed by atoms with Gasteiger partial charge in [0.2, 0.25) is 0 Å². The molecule has 0 aromatic carbocycles. The number of nitrogens with zero attached hydrogens (tertiary/aromatic N) is 1. The van der Waals surface area contributed by atoms with Gasteiger partial charge in [-0.05, 0) is 19.8 Å². The molecule has 0 aromatic heterocycles. The van der Waals surface area contributed by atoms with Gasteiger partial charge in [0.25, 0.3) is 0 Å². The lowest BCUT2D eigenvalue weighted by molar-refractivity contribution is -0.0189. The first-order valence-electron chi connectivity index (χ1n) is 5.43. The molecule has 0 unspecified atom stereocenters. The second-order valence-corrected chi connectivity index (χ2v) is 4.26. The molecule has 74 valence electrons. The summed E-state index contributed by atoms with van der Waals surface area (Å²) in [5.41, 5.74) is 0.00201. The van der Waals surface area contributed by atoms with E-state index in [-0.39, 0.29) is 5.54 Å². The molecule has 2 radical (unpaired) electrons. The summed E-state index contributed by atoms with van der Waals surface area (Å²) in [4.78, 5) is 2.43. The molecular formula is C11H19NO. The highest BCUT2D eigenvalue weighted by atomic mass is 16.5. The van der Waals surface area contributed by atoms with Crippen molar-refractivity contribution >= 4 is 0 Å². The molecule has 1 heterocycles. The van der Waals surface area contributed by atoms with Crippen molar-refractivity contribution < 1.29 is 4.74 Å². The Morgan fingerprint density at radius 3 is 2.23 bits per heavy atom. The Morgan fingerprint density at radius 1 is 1.00 bits per heavy atom. The van der Waals surface area contributed by atoms with E-state index in [0.717, 1.165) is 26.3 Å². The van der Waals surface area contributed by atoms with Crippen molar-refractivity contribution in [2.24, 2.45) is 0 Å². The van der Waals surface area contributed by atoms with Crippen LogP contribution in [0.3, 0.4) is 0 Å². The third-order valence-corrected chi connectivity index (χ3v) is 3.36. The molecule has 2 fully saturated rings. The van der Waals surface area contributed by atoms with Gasteiger partial charge in [-0.15, -0.1) is 0 Å². The quantitative estimate of drug-likeness (QED) is 0.611. The van der Waals surface area contributed by atoms with Crippen LogP contribution in [-0.4, -0.2) is 36.7 Å². The highest BCUT2D eigenvalue weighted by Gasteiger charge is 2.34. The molecule has 0 atom stereocenters. The van der Waals surface area contributed by atoms with Gasteiger partial charge in [0.15, 0.2) is 0 Å². The highest BCUT2D eigenvalue weighted by molar-refractivity contribution is 4.95. The van der Waals surface area contributed by atoms with E-state index in [1.807, 2.05) is 0 Å². The summed E-state index contributed by atoms with van der Waals surface area (Å²) in [6.45, 7) is 10.2. The van der Waals surface area contributed by atoms with Crippen LogP contribution in [-0.2, 0) is 4.74 Å². The van der Waals surface area contributed by atoms with Crippen LogP contribution < -0.4 is 0 Å². The van der Waals surface area contributed by atoms with Gasteiger partial charge in [0.1, 0.15) is 0 Å². The molecule has 1 aliphatic carbocycles. The molecule has 1 aliphatic heterocycles. The molecule has 0 amide bonds. The maximum Gasteiger partial charge on any atom is 0.0594 e. The van der Waals surface area contributed by atoms with Crippen molar-refractivity contribution in [3.05, 3.63) is 6.92 Å². The van der Waals surface area contributed by atoms with Crippen molar-refractivity contribution in [1.29, 1.82) is 0 Å². The number of morpholine rings is 1. The largest absolute Gasteiger partial charge is 0.379 e. The molecule has 2 nitrogen and oxygen atoms in total. The summed E-state index contributed by atoms with van der Waals surface area (Å²) in [5, 5.41) is 0. The Labute approximate surface area is 81.3 Å². The van der Waals surface area contributed by atoms with Crippen LogP contribution in [0.4, 0.5) is 0 Å². The van der Waals surface area contributed by atoms with Gasteiger partial charge in [0, 0.05) is 18.6 Å². The molecule has 1 saturated heterocycles. The third kappa shape index (κ3) is 2.05. The van der Waals surface area contributed by atoms with E-state index in [9.17, 15) is 0 Å². The van der Waals surface area contributed by atoms with E-state index in [0.29, 0.717) is 0 Å². The monoisotopic (exact) mass is 181 g/mol. The molecule has 2 rings (SSSR count). The van der Waals surface area contributed by atoms with Gasteiger partial charge in [0.05, 0.1) is 13.2 Å². The number of hydrogen-bond donors (Lipinski definition) is 0. The zero-order valence-corrected chi connectivity index (χ0v) is 8.30. The molecule has 0 N–H and O–H groups in total. The van der Waals surface area contributed by atoms with Crippen LogP contribution in [0.25, 0.3) is 0 Å². The molecule has 0 aromatic rings. The SMILES string of the molecule is [CH]C1(N2CCOCC2)CCCCC1. The topological polar surface area (TPSA) is 12.5 Å². The lowest BCUT2D eigenvalue weighted by Crippen LogP contribution is -2.52. The molecule has 2 heteroatoms. The fourth-order valence-corrected chi connectivity index (χ4v) is 2.49. The molecular weight excluding hydrogens is 162 g/mol. The number of ether oxygens (including phenoxy) is 1. The van der Waals surface area contributed by atoms with Crippen LogP contribution in [0.5, 0.6) is 0 Å². The van der Waals surface area contributed by atoms with Crippen molar-refractivity contribution in [2.45, 2.75) is 37.6 Å². The van der Waals surface area contributed by atoms with Crippen LogP contribution in [0.2, 0.25) is 0 Å². The van der Waals surface area contributed by atoms with Crippen LogP contribution in [0.15, 0.2) is 0 Å². The van der Waals surface area contributed by atoms with Crippen molar-refractivity contribution in [3.63, 3.8) is 0 Å². The minimum absolute atomic E-state index is 0.00201. The predicted octanol–water partition coefficient (Wildman–Crippen LogP) is 1.73.